The molecule has 5 nitrogen and oxygen atoms in total. The lowest BCUT2D eigenvalue weighted by atomic mass is 10.1. The zero-order valence-corrected chi connectivity index (χ0v) is 12.4. The van der Waals surface area contributed by atoms with E-state index >= 15 is 0 Å². The van der Waals surface area contributed by atoms with Crippen LogP contribution in [0.1, 0.15) is 11.1 Å². The molecule has 0 atom stereocenters. The number of anilines is 1. The maximum atomic E-state index is 10.9. The van der Waals surface area contributed by atoms with E-state index in [0.29, 0.717) is 18.1 Å². The van der Waals surface area contributed by atoms with Crippen LogP contribution in [0.3, 0.4) is 0 Å². The van der Waals surface area contributed by atoms with E-state index in [9.17, 15) is 10.1 Å². The van der Waals surface area contributed by atoms with Crippen molar-refractivity contribution in [3.8, 4) is 0 Å². The molecule has 0 saturated heterocycles. The summed E-state index contributed by atoms with van der Waals surface area (Å²) in [7, 11) is 1.92. The Morgan fingerprint density at radius 3 is 2.43 bits per heavy atom. The summed E-state index contributed by atoms with van der Waals surface area (Å²) in [4.78, 5) is 12.4. The first-order valence-corrected chi connectivity index (χ1v) is 6.80. The maximum Gasteiger partial charge on any atom is 0.292 e. The second-order valence-corrected chi connectivity index (χ2v) is 5.28. The molecule has 21 heavy (non-hydrogen) atoms. The van der Waals surface area contributed by atoms with E-state index in [1.807, 2.05) is 36.2 Å². The van der Waals surface area contributed by atoms with Gasteiger partial charge in [-0.1, -0.05) is 41.9 Å². The van der Waals surface area contributed by atoms with Crippen LogP contribution in [0.15, 0.2) is 42.5 Å². The number of para-hydroxylation sites is 1. The Bertz CT molecular complexity index is 661. The topological polar surface area (TPSA) is 72.4 Å². The molecular weight excluding hydrogens is 290 g/mol. The summed E-state index contributed by atoms with van der Waals surface area (Å²) in [5.41, 5.74) is 7.76. The number of nitrogens with two attached hydrogens (primary N) is 1. The van der Waals surface area contributed by atoms with E-state index in [-0.39, 0.29) is 11.4 Å². The molecule has 0 aromatic heterocycles. The van der Waals surface area contributed by atoms with Gasteiger partial charge in [-0.15, -0.1) is 0 Å². The Balaban J connectivity index is 2.13. The SMILES string of the molecule is CN(Cc1ccccc1Cl)Cc1cccc([N+](=O)[O-])c1N. The summed E-state index contributed by atoms with van der Waals surface area (Å²) in [5, 5.41) is 11.6. The number of halogens is 1. The van der Waals surface area contributed by atoms with Crippen molar-refractivity contribution in [3.63, 3.8) is 0 Å². The lowest BCUT2D eigenvalue weighted by Crippen LogP contribution is -2.18. The molecule has 0 aliphatic rings. The number of hydrogen-bond donors (Lipinski definition) is 1. The summed E-state index contributed by atoms with van der Waals surface area (Å²) in [5.74, 6) is 0. The molecule has 6 heteroatoms. The highest BCUT2D eigenvalue weighted by Gasteiger charge is 2.15. The molecule has 0 heterocycles. The molecule has 2 aromatic carbocycles. The Labute approximate surface area is 128 Å². The number of benzene rings is 2. The van der Waals surface area contributed by atoms with Crippen LogP contribution in [0.25, 0.3) is 0 Å². The first kappa shape index (κ1) is 15.3. The first-order valence-electron chi connectivity index (χ1n) is 6.42. The largest absolute Gasteiger partial charge is 0.393 e. The molecule has 0 amide bonds. The number of nitrogens with zero attached hydrogens (tertiary/aromatic N) is 2. The molecule has 2 rings (SSSR count). The van der Waals surface area contributed by atoms with Crippen LogP contribution in [0.5, 0.6) is 0 Å². The first-order chi connectivity index (χ1) is 9.99. The molecule has 0 unspecified atom stereocenters. The van der Waals surface area contributed by atoms with Crippen molar-refractivity contribution in [3.05, 3.63) is 68.7 Å². The zero-order valence-electron chi connectivity index (χ0n) is 11.6. The average Bonchev–Trinajstić information content (AvgIpc) is 2.43. The van der Waals surface area contributed by atoms with E-state index in [1.54, 1.807) is 12.1 Å². The number of hydrogen-bond acceptors (Lipinski definition) is 4. The molecule has 0 fully saturated rings. The molecule has 0 spiro atoms. The monoisotopic (exact) mass is 305 g/mol. The van der Waals surface area contributed by atoms with Crippen LogP contribution in [0.4, 0.5) is 11.4 Å². The predicted octanol–water partition coefficient (Wildman–Crippen LogP) is 3.46. The Morgan fingerprint density at radius 2 is 1.76 bits per heavy atom. The van der Waals surface area contributed by atoms with Gasteiger partial charge < -0.3 is 5.73 Å². The maximum absolute atomic E-state index is 10.9. The summed E-state index contributed by atoms with van der Waals surface area (Å²) in [6, 6.07) is 12.5. The molecule has 0 bridgehead atoms. The molecule has 2 aromatic rings. The van der Waals surface area contributed by atoms with Gasteiger partial charge in [-0.2, -0.15) is 0 Å². The molecule has 110 valence electrons. The summed E-state index contributed by atoms with van der Waals surface area (Å²) in [6.07, 6.45) is 0. The van der Waals surface area contributed by atoms with Crippen molar-refractivity contribution in [2.75, 3.05) is 12.8 Å². The van der Waals surface area contributed by atoms with E-state index in [4.69, 9.17) is 17.3 Å². The van der Waals surface area contributed by atoms with Crippen LogP contribution in [-0.4, -0.2) is 16.9 Å². The quantitative estimate of drug-likeness (QED) is 0.521. The van der Waals surface area contributed by atoms with Crippen LogP contribution in [0, 0.1) is 10.1 Å². The van der Waals surface area contributed by atoms with E-state index in [1.165, 1.54) is 6.07 Å². The normalized spacial score (nSPS) is 10.8. The molecule has 0 saturated carbocycles. The molecule has 0 aliphatic carbocycles. The minimum Gasteiger partial charge on any atom is -0.393 e. The fourth-order valence-corrected chi connectivity index (χ4v) is 2.36. The van der Waals surface area contributed by atoms with E-state index < -0.39 is 4.92 Å². The Kier molecular flexibility index (Phi) is 4.77. The summed E-state index contributed by atoms with van der Waals surface area (Å²) < 4.78 is 0. The van der Waals surface area contributed by atoms with Crippen LogP contribution < -0.4 is 5.73 Å². The van der Waals surface area contributed by atoms with Gasteiger partial charge in [0.1, 0.15) is 5.69 Å². The highest BCUT2D eigenvalue weighted by molar-refractivity contribution is 6.31. The summed E-state index contributed by atoms with van der Waals surface area (Å²) >= 11 is 6.13. The van der Waals surface area contributed by atoms with Gasteiger partial charge in [0.15, 0.2) is 0 Å². The zero-order chi connectivity index (χ0) is 15.4. The minimum atomic E-state index is -0.465. The van der Waals surface area contributed by atoms with Gasteiger partial charge in [0.05, 0.1) is 4.92 Å². The van der Waals surface area contributed by atoms with Crippen LogP contribution in [-0.2, 0) is 13.1 Å². The fraction of sp³-hybridized carbons (Fsp3) is 0.200. The second kappa shape index (κ2) is 6.56. The van der Waals surface area contributed by atoms with Crippen molar-refractivity contribution in [1.82, 2.24) is 4.90 Å². The highest BCUT2D eigenvalue weighted by Crippen LogP contribution is 2.26. The van der Waals surface area contributed by atoms with Gasteiger partial charge >= 0.3 is 0 Å². The molecule has 2 N–H and O–H groups in total. The predicted molar refractivity (Wildman–Crippen MR) is 84.1 cm³/mol. The number of nitro benzene ring substituents is 1. The molecule has 0 radical (unpaired) electrons. The van der Waals surface area contributed by atoms with E-state index in [2.05, 4.69) is 0 Å². The standard InChI is InChI=1S/C15H16ClN3O2/c1-18(9-11-5-2-3-7-13(11)16)10-12-6-4-8-14(15(12)17)19(20)21/h2-8H,9-10,17H2,1H3. The Morgan fingerprint density at radius 1 is 1.14 bits per heavy atom. The second-order valence-electron chi connectivity index (χ2n) is 4.87. The highest BCUT2D eigenvalue weighted by atomic mass is 35.5. The number of rotatable bonds is 5. The summed E-state index contributed by atoms with van der Waals surface area (Å²) in [6.45, 7) is 1.15. The Hall–Kier alpha value is -2.11. The fourth-order valence-electron chi connectivity index (χ4n) is 2.16. The van der Waals surface area contributed by atoms with Crippen molar-refractivity contribution >= 4 is 23.0 Å². The van der Waals surface area contributed by atoms with Crippen LogP contribution in [0.2, 0.25) is 5.02 Å². The average molecular weight is 306 g/mol. The molecule has 0 aliphatic heterocycles. The number of nitro groups is 1. The number of nitrogen functional groups attached to an aromatic ring is 1. The van der Waals surface area contributed by atoms with Gasteiger partial charge in [-0.3, -0.25) is 15.0 Å². The van der Waals surface area contributed by atoms with E-state index in [0.717, 1.165) is 11.1 Å². The third-order valence-electron chi connectivity index (χ3n) is 3.21. The lowest BCUT2D eigenvalue weighted by Gasteiger charge is -2.18. The minimum absolute atomic E-state index is 0.0568. The van der Waals surface area contributed by atoms with Crippen molar-refractivity contribution in [2.24, 2.45) is 0 Å². The van der Waals surface area contributed by atoms with Gasteiger partial charge in [0.2, 0.25) is 0 Å². The molecular formula is C15H16ClN3O2. The smallest absolute Gasteiger partial charge is 0.292 e. The van der Waals surface area contributed by atoms with Crippen molar-refractivity contribution in [2.45, 2.75) is 13.1 Å². The lowest BCUT2D eigenvalue weighted by molar-refractivity contribution is -0.384. The van der Waals surface area contributed by atoms with Crippen molar-refractivity contribution in [1.29, 1.82) is 0 Å². The van der Waals surface area contributed by atoms with Gasteiger partial charge in [0, 0.05) is 24.2 Å². The van der Waals surface area contributed by atoms with Gasteiger partial charge in [-0.05, 0) is 24.2 Å². The van der Waals surface area contributed by atoms with Crippen molar-refractivity contribution < 1.29 is 4.92 Å². The van der Waals surface area contributed by atoms with Gasteiger partial charge in [0.25, 0.3) is 5.69 Å². The van der Waals surface area contributed by atoms with Gasteiger partial charge in [-0.25, -0.2) is 0 Å². The third-order valence-corrected chi connectivity index (χ3v) is 3.58. The third kappa shape index (κ3) is 3.71. The van der Waals surface area contributed by atoms with Crippen LogP contribution >= 0.6 is 11.6 Å².